The van der Waals surface area contributed by atoms with Crippen LogP contribution in [0.5, 0.6) is 5.75 Å². The summed E-state index contributed by atoms with van der Waals surface area (Å²) in [6.45, 7) is 8.91. The number of piperidine rings is 2. The highest BCUT2D eigenvalue weighted by atomic mass is 19.1. The minimum atomic E-state index is -0.252. The molecule has 0 aliphatic carbocycles. The van der Waals surface area contributed by atoms with E-state index in [1.165, 1.54) is 22.7 Å². The molecule has 2 N–H and O–H groups in total. The first-order valence-electron chi connectivity index (χ1n) is 25.5. The maximum atomic E-state index is 14.5. The van der Waals surface area contributed by atoms with Gasteiger partial charge in [-0.25, -0.2) is 4.39 Å². The van der Waals surface area contributed by atoms with Crippen molar-refractivity contribution in [2.24, 2.45) is 7.05 Å². The van der Waals surface area contributed by atoms with E-state index in [4.69, 9.17) is 13.6 Å². The van der Waals surface area contributed by atoms with Gasteiger partial charge in [-0.15, -0.1) is 20.4 Å². The maximum absolute atomic E-state index is 14.5. The van der Waals surface area contributed by atoms with Crippen molar-refractivity contribution >= 4 is 32.7 Å². The number of pyridine rings is 2. The molecule has 11 aromatic rings. The third kappa shape index (κ3) is 9.79. The number of nitrogens with one attached hydrogen (secondary N) is 2. The molecule has 0 saturated carbocycles. The molecule has 75 heavy (non-hydrogen) atoms. The van der Waals surface area contributed by atoms with Crippen molar-refractivity contribution in [1.29, 1.82) is 0 Å². The average molecular weight is 1000 g/mol. The number of likely N-dealkylation sites (tertiary alicyclic amines) is 2. The number of methoxy groups -OCH3 is 1. The molecule has 7 aromatic heterocycles. The molecule has 2 fully saturated rings. The van der Waals surface area contributed by atoms with Crippen molar-refractivity contribution in [1.82, 2.24) is 65.1 Å². The Morgan fingerprint density at radius 1 is 0.627 bits per heavy atom. The van der Waals surface area contributed by atoms with Gasteiger partial charge in [0.05, 0.1) is 30.0 Å². The van der Waals surface area contributed by atoms with Crippen molar-refractivity contribution in [3.8, 4) is 51.2 Å². The number of hydrogen-bond donors (Lipinski definition) is 2. The average Bonchev–Trinajstić information content (AvgIpc) is 4.32. The largest absolute Gasteiger partial charge is 0.496 e. The minimum Gasteiger partial charge on any atom is -0.496 e. The highest BCUT2D eigenvalue weighted by molar-refractivity contribution is 5.96. The minimum absolute atomic E-state index is 0.0841. The van der Waals surface area contributed by atoms with Crippen LogP contribution in [0.15, 0.2) is 130 Å². The Morgan fingerprint density at radius 2 is 1.20 bits per heavy atom. The van der Waals surface area contributed by atoms with Crippen LogP contribution in [-0.2, 0) is 20.1 Å². The molecule has 17 heteroatoms. The summed E-state index contributed by atoms with van der Waals surface area (Å²) in [6, 6.07) is 35.8. The highest BCUT2D eigenvalue weighted by Gasteiger charge is 2.29. The van der Waals surface area contributed by atoms with Crippen molar-refractivity contribution < 1.29 is 18.0 Å². The number of fused-ring (bicyclic) bond motifs is 3. The van der Waals surface area contributed by atoms with Crippen LogP contribution in [0.4, 0.5) is 4.39 Å². The van der Waals surface area contributed by atoms with E-state index >= 15 is 0 Å². The van der Waals surface area contributed by atoms with Crippen LogP contribution in [0.1, 0.15) is 71.9 Å². The third-order valence-corrected chi connectivity index (χ3v) is 14.7. The quantitative estimate of drug-likeness (QED) is 0.125. The van der Waals surface area contributed by atoms with Crippen molar-refractivity contribution in [3.05, 3.63) is 162 Å². The standard InChI is InChI=1S/C30H29N7O.C28H27FN6O2/c1-19-14-21(11-12-31-19)28-25-16-22(9-10-26(25)32-33-28)29-34-35-30(38-29)23-7-5-13-37(17-23)18-24-15-20-6-3-4-8-27(20)36(24)2;1-17-13-18(10-11-30-17)26-21-14-19(8-9-24(21)31-32-26)27-33-34-28(37-27)20-5-4-12-35(15-20)16-22-23(29)6-3-7-25(22)36-2/h3-4,6,8-12,14-16,23H,5,7,13,17-18H2,1-2H3,(H,32,33);3,6-11,13-14,20H,4-5,12,15-16H2,1-2H3,(H,31,32)/t23-;20-/m11/s1. The number of hydrogen-bond acceptors (Lipinski definition) is 13. The molecular formula is C58H56FN13O3. The predicted molar refractivity (Wildman–Crippen MR) is 285 cm³/mol. The first-order chi connectivity index (χ1) is 36.7. The zero-order valence-electron chi connectivity index (χ0n) is 42.3. The second-order valence-electron chi connectivity index (χ2n) is 19.8. The summed E-state index contributed by atoms with van der Waals surface area (Å²) in [4.78, 5) is 13.3. The van der Waals surface area contributed by atoms with Gasteiger partial charge in [-0.1, -0.05) is 24.3 Å². The van der Waals surface area contributed by atoms with Gasteiger partial charge in [-0.05, 0) is 143 Å². The van der Waals surface area contributed by atoms with Gasteiger partial charge < -0.3 is 18.1 Å². The summed E-state index contributed by atoms with van der Waals surface area (Å²) in [6.07, 6.45) is 7.68. The lowest BCUT2D eigenvalue weighted by atomic mass is 9.97. The maximum Gasteiger partial charge on any atom is 0.247 e. The number of ether oxygens (including phenoxy) is 1. The van der Waals surface area contributed by atoms with Crippen LogP contribution < -0.4 is 4.74 Å². The van der Waals surface area contributed by atoms with Gasteiger partial charge >= 0.3 is 0 Å². The number of para-hydroxylation sites is 1. The fraction of sp³-hybridized carbons (Fsp3) is 0.276. The van der Waals surface area contributed by atoms with E-state index in [-0.39, 0.29) is 17.7 Å². The Morgan fingerprint density at radius 3 is 1.76 bits per heavy atom. The molecule has 2 aliphatic heterocycles. The van der Waals surface area contributed by atoms with Gasteiger partial charge in [-0.3, -0.25) is 30.0 Å². The van der Waals surface area contributed by atoms with Gasteiger partial charge in [0.25, 0.3) is 0 Å². The first kappa shape index (κ1) is 47.6. The molecule has 9 heterocycles. The zero-order valence-corrected chi connectivity index (χ0v) is 42.3. The molecular weight excluding hydrogens is 946 g/mol. The van der Waals surface area contributed by atoms with Crippen LogP contribution in [0.25, 0.3) is 78.1 Å². The summed E-state index contributed by atoms with van der Waals surface area (Å²) in [5.41, 5.74) is 12.5. The van der Waals surface area contributed by atoms with Gasteiger partial charge in [0.1, 0.15) is 23.0 Å². The van der Waals surface area contributed by atoms with Gasteiger partial charge in [0, 0.05) is 107 Å². The number of rotatable bonds is 11. The van der Waals surface area contributed by atoms with E-state index in [1.807, 2.05) is 74.6 Å². The van der Waals surface area contributed by atoms with Crippen LogP contribution >= 0.6 is 0 Å². The summed E-state index contributed by atoms with van der Waals surface area (Å²) in [5, 5.41) is 36.3. The Kier molecular flexibility index (Phi) is 13.0. The topological polar surface area (TPSA) is 182 Å². The van der Waals surface area contributed by atoms with E-state index < -0.39 is 0 Å². The summed E-state index contributed by atoms with van der Waals surface area (Å²) < 4.78 is 34.6. The number of aryl methyl sites for hydroxylation is 3. The van der Waals surface area contributed by atoms with Crippen LogP contribution in [0, 0.1) is 19.7 Å². The highest BCUT2D eigenvalue weighted by Crippen LogP contribution is 2.36. The second kappa shape index (κ2) is 20.5. The Hall–Kier alpha value is -8.41. The number of H-pyrrole nitrogens is 2. The van der Waals surface area contributed by atoms with Crippen LogP contribution in [-0.4, -0.2) is 98.4 Å². The third-order valence-electron chi connectivity index (χ3n) is 14.7. The number of aromatic amines is 2. The number of benzene rings is 4. The molecule has 13 rings (SSSR count). The Balaban J connectivity index is 0.000000152. The zero-order chi connectivity index (χ0) is 51.0. The smallest absolute Gasteiger partial charge is 0.247 e. The number of aromatic nitrogens is 11. The van der Waals surface area contributed by atoms with E-state index in [2.05, 4.69) is 109 Å². The molecule has 2 saturated heterocycles. The fourth-order valence-electron chi connectivity index (χ4n) is 10.8. The van der Waals surface area contributed by atoms with Crippen molar-refractivity contribution in [2.75, 3.05) is 33.3 Å². The van der Waals surface area contributed by atoms with Gasteiger partial charge in [-0.2, -0.15) is 10.2 Å². The van der Waals surface area contributed by atoms with E-state index in [0.29, 0.717) is 42.1 Å². The summed E-state index contributed by atoms with van der Waals surface area (Å²) in [5.74, 6) is 2.98. The molecule has 4 aromatic carbocycles. The molecule has 0 bridgehead atoms. The Labute approximate surface area is 432 Å². The lowest BCUT2D eigenvalue weighted by Crippen LogP contribution is -2.34. The van der Waals surface area contributed by atoms with Crippen LogP contribution in [0.2, 0.25) is 0 Å². The van der Waals surface area contributed by atoms with E-state index in [9.17, 15) is 4.39 Å². The monoisotopic (exact) mass is 1000 g/mol. The lowest BCUT2D eigenvalue weighted by molar-refractivity contribution is 0.182. The second-order valence-corrected chi connectivity index (χ2v) is 19.8. The lowest BCUT2D eigenvalue weighted by Gasteiger charge is -2.31. The predicted octanol–water partition coefficient (Wildman–Crippen LogP) is 11.4. The molecule has 2 atom stereocenters. The summed E-state index contributed by atoms with van der Waals surface area (Å²) >= 11 is 0. The Bertz CT molecular complexity index is 3820. The van der Waals surface area contributed by atoms with Crippen molar-refractivity contribution in [2.45, 2.75) is 64.5 Å². The molecule has 0 amide bonds. The molecule has 0 unspecified atom stereocenters. The first-order valence-corrected chi connectivity index (χ1v) is 25.5. The van der Waals surface area contributed by atoms with Crippen molar-refractivity contribution in [3.63, 3.8) is 0 Å². The molecule has 0 radical (unpaired) electrons. The van der Waals surface area contributed by atoms with Crippen LogP contribution in [0.3, 0.4) is 0 Å². The fourth-order valence-corrected chi connectivity index (χ4v) is 10.8. The molecule has 16 nitrogen and oxygen atoms in total. The van der Waals surface area contributed by atoms with Gasteiger partial charge in [0.2, 0.25) is 23.6 Å². The number of nitrogens with zero attached hydrogens (tertiary/aromatic N) is 11. The van der Waals surface area contributed by atoms with E-state index in [1.54, 1.807) is 25.4 Å². The van der Waals surface area contributed by atoms with E-state index in [0.717, 1.165) is 125 Å². The molecule has 378 valence electrons. The summed E-state index contributed by atoms with van der Waals surface area (Å²) in [7, 11) is 3.72. The molecule has 0 spiro atoms. The van der Waals surface area contributed by atoms with Gasteiger partial charge in [0.15, 0.2) is 0 Å². The molecule has 2 aliphatic rings. The SMILES string of the molecule is COc1cccc(F)c1CN1CCC[C@@H](c2nnc(-c3ccc4[nH]nc(-c5ccnc(C)c5)c4c3)o2)C1.Cc1cc(-c2n[nH]c3ccc(-c4nnc([C@@H]5CCCN(Cc6cc7ccccc7n6C)C5)o4)cc23)ccn1. The number of halogens is 1. The normalized spacial score (nSPS) is 16.4.